The minimum atomic E-state index is -1.66. The quantitative estimate of drug-likeness (QED) is 0.777. The third-order valence-electron chi connectivity index (χ3n) is 2.21. The summed E-state index contributed by atoms with van der Waals surface area (Å²) in [6.07, 6.45) is 0. The molecule has 1 nitrogen and oxygen atoms in total. The number of halogens is 4. The average Bonchev–Trinajstić information content (AvgIpc) is 2.34. The van der Waals surface area contributed by atoms with Gasteiger partial charge in [-0.05, 0) is 24.3 Å². The second-order valence-corrected chi connectivity index (χ2v) is 4.56. The van der Waals surface area contributed by atoms with Gasteiger partial charge < -0.3 is 4.74 Å². The van der Waals surface area contributed by atoms with Crippen LogP contribution in [0, 0.1) is 5.41 Å². The van der Waals surface area contributed by atoms with Crippen LogP contribution in [0.4, 0.5) is 13.2 Å². The molecule has 1 rings (SSSR count). The normalized spacial score (nSPS) is 11.5. The summed E-state index contributed by atoms with van der Waals surface area (Å²) >= 11 is 3.24. The molecule has 0 aromatic heterocycles. The van der Waals surface area contributed by atoms with E-state index in [4.69, 9.17) is 4.74 Å². The van der Waals surface area contributed by atoms with Crippen LogP contribution in [0.25, 0.3) is 0 Å². The number of hydrogen-bond donors (Lipinski definition) is 0. The number of alkyl halides is 3. The molecule has 90 valence electrons. The molecule has 0 aliphatic rings. The zero-order valence-electron chi connectivity index (χ0n) is 8.56. The summed E-state index contributed by atoms with van der Waals surface area (Å²) in [6, 6.07) is 6.75. The second-order valence-electron chi connectivity index (χ2n) is 3.64. The summed E-state index contributed by atoms with van der Waals surface area (Å²) in [6.45, 7) is -3.53. The third-order valence-corrected chi connectivity index (χ3v) is 2.74. The van der Waals surface area contributed by atoms with Gasteiger partial charge in [-0.15, -0.1) is 0 Å². The lowest BCUT2D eigenvalue weighted by molar-refractivity contribution is 0.0543. The highest BCUT2D eigenvalue weighted by Gasteiger charge is 2.32. The standard InChI is InChI=1S/C11H12BrF3O/c12-9-1-3-10(4-2-9)16-8-11(5-13,6-14)7-15/h1-4H,5-8H2. The van der Waals surface area contributed by atoms with Crippen LogP contribution >= 0.6 is 15.9 Å². The van der Waals surface area contributed by atoms with E-state index in [1.54, 1.807) is 24.3 Å². The van der Waals surface area contributed by atoms with E-state index in [0.29, 0.717) is 5.75 Å². The fourth-order valence-corrected chi connectivity index (χ4v) is 1.25. The molecule has 0 fully saturated rings. The van der Waals surface area contributed by atoms with Gasteiger partial charge >= 0.3 is 0 Å². The van der Waals surface area contributed by atoms with Gasteiger partial charge in [0.05, 0.1) is 5.41 Å². The maximum absolute atomic E-state index is 12.5. The van der Waals surface area contributed by atoms with Crippen LogP contribution in [0.3, 0.4) is 0 Å². The highest BCUT2D eigenvalue weighted by Crippen LogP contribution is 2.23. The maximum Gasteiger partial charge on any atom is 0.119 e. The smallest absolute Gasteiger partial charge is 0.119 e. The molecular weight excluding hydrogens is 285 g/mol. The minimum Gasteiger partial charge on any atom is -0.493 e. The first-order valence-electron chi connectivity index (χ1n) is 4.72. The molecule has 0 aliphatic carbocycles. The van der Waals surface area contributed by atoms with Crippen LogP contribution in [-0.2, 0) is 0 Å². The van der Waals surface area contributed by atoms with E-state index in [9.17, 15) is 13.2 Å². The number of hydrogen-bond acceptors (Lipinski definition) is 1. The molecule has 5 heteroatoms. The zero-order valence-corrected chi connectivity index (χ0v) is 10.1. The van der Waals surface area contributed by atoms with Crippen molar-refractivity contribution in [2.24, 2.45) is 5.41 Å². The summed E-state index contributed by atoms with van der Waals surface area (Å²) < 4.78 is 43.6. The third kappa shape index (κ3) is 3.40. The van der Waals surface area contributed by atoms with Gasteiger partial charge in [0.25, 0.3) is 0 Å². The number of ether oxygens (including phenoxy) is 1. The molecule has 0 saturated carbocycles. The van der Waals surface area contributed by atoms with Gasteiger partial charge in [0.15, 0.2) is 0 Å². The molecule has 0 spiro atoms. The molecule has 0 radical (unpaired) electrons. The Kier molecular flexibility index (Phi) is 5.12. The molecule has 0 bridgehead atoms. The van der Waals surface area contributed by atoms with Gasteiger partial charge in [-0.3, -0.25) is 13.2 Å². The van der Waals surface area contributed by atoms with Gasteiger partial charge in [0, 0.05) is 4.47 Å². The number of rotatable bonds is 6. The summed E-state index contributed by atoms with van der Waals surface area (Å²) in [4.78, 5) is 0. The molecule has 0 amide bonds. The lowest BCUT2D eigenvalue weighted by atomic mass is 9.95. The van der Waals surface area contributed by atoms with Crippen LogP contribution in [0.5, 0.6) is 5.75 Å². The molecule has 0 N–H and O–H groups in total. The van der Waals surface area contributed by atoms with E-state index in [2.05, 4.69) is 15.9 Å². The van der Waals surface area contributed by atoms with Gasteiger partial charge in [-0.2, -0.15) is 0 Å². The predicted molar refractivity (Wildman–Crippen MR) is 60.0 cm³/mol. The van der Waals surface area contributed by atoms with Crippen LogP contribution in [-0.4, -0.2) is 26.6 Å². The number of benzene rings is 1. The van der Waals surface area contributed by atoms with Crippen molar-refractivity contribution < 1.29 is 17.9 Å². The molecule has 0 heterocycles. The Morgan fingerprint density at radius 3 is 1.94 bits per heavy atom. The van der Waals surface area contributed by atoms with Crippen LogP contribution < -0.4 is 4.74 Å². The summed E-state index contributed by atoms with van der Waals surface area (Å²) in [7, 11) is 0. The second kappa shape index (κ2) is 6.13. The summed E-state index contributed by atoms with van der Waals surface area (Å²) in [5, 5.41) is 0. The highest BCUT2D eigenvalue weighted by molar-refractivity contribution is 9.10. The molecule has 1 aromatic carbocycles. The lowest BCUT2D eigenvalue weighted by Gasteiger charge is -2.24. The van der Waals surface area contributed by atoms with Crippen molar-refractivity contribution in [1.82, 2.24) is 0 Å². The first-order valence-corrected chi connectivity index (χ1v) is 5.51. The van der Waals surface area contributed by atoms with Crippen molar-refractivity contribution in [2.75, 3.05) is 26.6 Å². The first kappa shape index (κ1) is 13.4. The van der Waals surface area contributed by atoms with Crippen molar-refractivity contribution in [1.29, 1.82) is 0 Å². The van der Waals surface area contributed by atoms with E-state index in [1.165, 1.54) is 0 Å². The van der Waals surface area contributed by atoms with Crippen molar-refractivity contribution in [2.45, 2.75) is 0 Å². The maximum atomic E-state index is 12.5. The fraction of sp³-hybridized carbons (Fsp3) is 0.455. The van der Waals surface area contributed by atoms with E-state index >= 15 is 0 Å². The van der Waals surface area contributed by atoms with Gasteiger partial charge in [-0.1, -0.05) is 15.9 Å². The molecule has 0 unspecified atom stereocenters. The molecule has 1 aromatic rings. The van der Waals surface area contributed by atoms with Crippen molar-refractivity contribution in [3.8, 4) is 5.75 Å². The Balaban J connectivity index is 2.58. The van der Waals surface area contributed by atoms with Crippen molar-refractivity contribution >= 4 is 15.9 Å². The van der Waals surface area contributed by atoms with Crippen LogP contribution in [0.15, 0.2) is 28.7 Å². The highest BCUT2D eigenvalue weighted by atomic mass is 79.9. The molecular formula is C11H12BrF3O. The Hall–Kier alpha value is -0.710. The van der Waals surface area contributed by atoms with Gasteiger partial charge in [-0.25, -0.2) is 0 Å². The Morgan fingerprint density at radius 2 is 1.50 bits per heavy atom. The van der Waals surface area contributed by atoms with E-state index in [-0.39, 0.29) is 6.61 Å². The summed E-state index contributed by atoms with van der Waals surface area (Å²) in [5.74, 6) is 0.461. The van der Waals surface area contributed by atoms with E-state index < -0.39 is 25.4 Å². The van der Waals surface area contributed by atoms with Crippen LogP contribution in [0.2, 0.25) is 0 Å². The van der Waals surface area contributed by atoms with Crippen molar-refractivity contribution in [3.05, 3.63) is 28.7 Å². The Bertz CT molecular complexity index is 303. The predicted octanol–water partition coefficient (Wildman–Crippen LogP) is 3.72. The van der Waals surface area contributed by atoms with E-state index in [1.807, 2.05) is 0 Å². The Labute approximate surface area is 101 Å². The average molecular weight is 297 g/mol. The van der Waals surface area contributed by atoms with Crippen molar-refractivity contribution in [3.63, 3.8) is 0 Å². The van der Waals surface area contributed by atoms with E-state index in [0.717, 1.165) is 4.47 Å². The molecule has 0 aliphatic heterocycles. The van der Waals surface area contributed by atoms with Crippen LogP contribution in [0.1, 0.15) is 0 Å². The minimum absolute atomic E-state index is 0.307. The monoisotopic (exact) mass is 296 g/mol. The van der Waals surface area contributed by atoms with Gasteiger partial charge in [0.2, 0.25) is 0 Å². The molecule has 0 saturated heterocycles. The SMILES string of the molecule is FCC(CF)(CF)COc1ccc(Br)cc1. The lowest BCUT2D eigenvalue weighted by Crippen LogP contribution is -2.35. The summed E-state index contributed by atoms with van der Waals surface area (Å²) in [5.41, 5.74) is -1.66. The Morgan fingerprint density at radius 1 is 1.00 bits per heavy atom. The zero-order chi connectivity index (χ0) is 12.0. The van der Waals surface area contributed by atoms with Gasteiger partial charge in [0.1, 0.15) is 32.4 Å². The topological polar surface area (TPSA) is 9.23 Å². The first-order chi connectivity index (χ1) is 7.65. The largest absolute Gasteiger partial charge is 0.493 e. The molecule has 16 heavy (non-hydrogen) atoms. The molecule has 0 atom stereocenters. The fourth-order valence-electron chi connectivity index (χ4n) is 0.990.